The van der Waals surface area contributed by atoms with Crippen LogP contribution >= 0.6 is 0 Å². The van der Waals surface area contributed by atoms with Crippen molar-refractivity contribution in [3.05, 3.63) is 23.3 Å². The Hall–Kier alpha value is -0.520. The van der Waals surface area contributed by atoms with Crippen molar-refractivity contribution in [1.29, 1.82) is 0 Å². The molecule has 0 N–H and O–H groups in total. The van der Waals surface area contributed by atoms with Gasteiger partial charge in [0.1, 0.15) is 0 Å². The predicted octanol–water partition coefficient (Wildman–Crippen LogP) is 14.3. The minimum Gasteiger partial charge on any atom is -0.0848 e. The maximum Gasteiger partial charge on any atom is -0.0172 e. The van der Waals surface area contributed by atoms with E-state index >= 15 is 0 Å². The minimum absolute atomic E-state index is 0.937. The van der Waals surface area contributed by atoms with Gasteiger partial charge in [-0.1, -0.05) is 107 Å². The summed E-state index contributed by atoms with van der Waals surface area (Å²) >= 11 is 0. The summed E-state index contributed by atoms with van der Waals surface area (Å²) in [4.78, 5) is 0. The SMILES string of the molecule is C1=C2CCCCC2CCCC1C1CCC[C@@H](C2C3CCCC[C@H]3C(C3CC=C(C4CCC[C@H]5CCCC[C@@H]45)CCC3)[C@H]3CCCC[C@@H]23)C1. The average Bonchev–Trinajstić information content (AvgIpc) is 3.53. The zero-order valence-corrected chi connectivity index (χ0v) is 31.5. The molecule has 0 heteroatoms. The van der Waals surface area contributed by atoms with Gasteiger partial charge >= 0.3 is 0 Å². The fourth-order valence-corrected chi connectivity index (χ4v) is 16.5. The second-order valence-corrected chi connectivity index (χ2v) is 20.3. The topological polar surface area (TPSA) is 0 Å². The molecule has 9 aliphatic carbocycles. The van der Waals surface area contributed by atoms with Crippen LogP contribution < -0.4 is 0 Å². The Bertz CT molecular complexity index is 1100. The van der Waals surface area contributed by atoms with Crippen molar-refractivity contribution in [1.82, 2.24) is 0 Å². The van der Waals surface area contributed by atoms with Crippen LogP contribution in [-0.4, -0.2) is 0 Å². The number of allylic oxidation sites excluding steroid dienone is 4. The van der Waals surface area contributed by atoms with Crippen LogP contribution in [0.25, 0.3) is 0 Å². The van der Waals surface area contributed by atoms with Gasteiger partial charge < -0.3 is 0 Å². The zero-order valence-electron chi connectivity index (χ0n) is 31.5. The Morgan fingerprint density at radius 3 is 1.71 bits per heavy atom. The first-order valence-electron chi connectivity index (χ1n) is 23.2. The highest BCUT2D eigenvalue weighted by Crippen LogP contribution is 2.63. The highest BCUT2D eigenvalue weighted by atomic mass is 14.6. The van der Waals surface area contributed by atoms with Crippen LogP contribution in [0.3, 0.4) is 0 Å². The van der Waals surface area contributed by atoms with E-state index in [-0.39, 0.29) is 0 Å². The average molecular weight is 653 g/mol. The van der Waals surface area contributed by atoms with Gasteiger partial charge in [-0.2, -0.15) is 0 Å². The van der Waals surface area contributed by atoms with Crippen LogP contribution in [0.5, 0.6) is 0 Å². The van der Waals surface area contributed by atoms with Gasteiger partial charge in [0, 0.05) is 0 Å². The molecule has 0 aromatic carbocycles. The third-order valence-electron chi connectivity index (χ3n) is 18.3. The molecule has 9 aliphatic rings. The van der Waals surface area contributed by atoms with Crippen LogP contribution in [0.4, 0.5) is 0 Å². The maximum atomic E-state index is 2.96. The van der Waals surface area contributed by atoms with Gasteiger partial charge in [-0.3, -0.25) is 0 Å². The van der Waals surface area contributed by atoms with E-state index < -0.39 is 0 Å². The van der Waals surface area contributed by atoms with Gasteiger partial charge in [-0.05, 0) is 192 Å². The summed E-state index contributed by atoms with van der Waals surface area (Å²) in [5, 5.41) is 0. The van der Waals surface area contributed by atoms with Crippen molar-refractivity contribution in [3.63, 3.8) is 0 Å². The monoisotopic (exact) mass is 653 g/mol. The molecular formula is C48H76. The predicted molar refractivity (Wildman–Crippen MR) is 204 cm³/mol. The second kappa shape index (κ2) is 15.2. The lowest BCUT2D eigenvalue weighted by molar-refractivity contribution is -0.111. The number of rotatable bonds is 4. The zero-order chi connectivity index (χ0) is 31.9. The number of fused-ring (bicyclic) bond motifs is 4. The van der Waals surface area contributed by atoms with Gasteiger partial charge in [0.15, 0.2) is 0 Å². The molecular weight excluding hydrogens is 577 g/mol. The van der Waals surface area contributed by atoms with Gasteiger partial charge in [-0.15, -0.1) is 0 Å². The van der Waals surface area contributed by atoms with E-state index in [1.165, 1.54) is 83.5 Å². The first kappa shape index (κ1) is 33.3. The summed E-state index contributed by atoms with van der Waals surface area (Å²) in [6, 6.07) is 0. The first-order valence-corrected chi connectivity index (χ1v) is 23.2. The molecule has 0 amide bonds. The Balaban J connectivity index is 0.946. The largest absolute Gasteiger partial charge is 0.0848 e. The molecule has 48 heavy (non-hydrogen) atoms. The van der Waals surface area contributed by atoms with E-state index in [1.807, 2.05) is 11.1 Å². The molecule has 14 atom stereocenters. The Morgan fingerprint density at radius 1 is 0.375 bits per heavy atom. The second-order valence-electron chi connectivity index (χ2n) is 20.3. The summed E-state index contributed by atoms with van der Waals surface area (Å²) < 4.78 is 0. The molecule has 7 fully saturated rings. The van der Waals surface area contributed by atoms with Crippen LogP contribution in [0.15, 0.2) is 23.3 Å². The third kappa shape index (κ3) is 6.63. The molecule has 0 heterocycles. The van der Waals surface area contributed by atoms with Gasteiger partial charge in [-0.25, -0.2) is 0 Å². The van der Waals surface area contributed by atoms with Crippen molar-refractivity contribution in [2.24, 2.45) is 82.9 Å². The fraction of sp³-hybridized carbons (Fsp3) is 0.917. The molecule has 0 aromatic rings. The molecule has 0 radical (unpaired) electrons. The number of hydrogen-bond donors (Lipinski definition) is 0. The minimum atomic E-state index is 0.937. The molecule has 268 valence electrons. The molecule has 9 rings (SSSR count). The molecule has 8 unspecified atom stereocenters. The Labute approximate surface area is 297 Å². The summed E-state index contributed by atoms with van der Waals surface area (Å²) in [6.45, 7) is 0. The summed E-state index contributed by atoms with van der Waals surface area (Å²) in [5.41, 5.74) is 3.93. The van der Waals surface area contributed by atoms with E-state index in [9.17, 15) is 0 Å². The van der Waals surface area contributed by atoms with Crippen LogP contribution in [0.2, 0.25) is 0 Å². The lowest BCUT2D eigenvalue weighted by Crippen LogP contribution is -2.53. The molecule has 0 bridgehead atoms. The Kier molecular flexibility index (Phi) is 10.6. The van der Waals surface area contributed by atoms with Crippen LogP contribution in [0, 0.1) is 82.9 Å². The highest BCUT2D eigenvalue weighted by Gasteiger charge is 2.55. The van der Waals surface area contributed by atoms with E-state index in [1.54, 1.807) is 109 Å². The van der Waals surface area contributed by atoms with Gasteiger partial charge in [0.05, 0.1) is 0 Å². The molecule has 0 saturated heterocycles. The van der Waals surface area contributed by atoms with E-state index in [2.05, 4.69) is 12.2 Å². The lowest BCUT2D eigenvalue weighted by atomic mass is 9.45. The maximum absolute atomic E-state index is 2.96. The van der Waals surface area contributed by atoms with Crippen molar-refractivity contribution in [2.45, 2.75) is 193 Å². The van der Waals surface area contributed by atoms with Gasteiger partial charge in [0.2, 0.25) is 0 Å². The first-order chi connectivity index (χ1) is 23.8. The molecule has 0 aromatic heterocycles. The number of hydrogen-bond acceptors (Lipinski definition) is 0. The standard InChI is InChI=1S/C48H76/c1-2-15-37-31-38(20-9-16-33(37)13-1)39-21-11-22-40(32-39)48-45-26-7-5-24-43(45)47(44-25-6-8-27-46(44)48)36-19-10-17-35(29-30-36)42-28-12-18-34-14-3-4-23-41(34)42/h29,31,33-34,36,38-48H,1-28,30,32H2/t33?,34-,36?,38?,39?,40-,41-,42?,43-,44+,45?,46-,47?,48?/m1/s1. The van der Waals surface area contributed by atoms with E-state index in [0.717, 1.165) is 82.9 Å². The fourth-order valence-electron chi connectivity index (χ4n) is 16.5. The summed E-state index contributed by atoms with van der Waals surface area (Å²) in [5.74, 6) is 14.7. The Morgan fingerprint density at radius 2 is 0.917 bits per heavy atom. The third-order valence-corrected chi connectivity index (χ3v) is 18.3. The van der Waals surface area contributed by atoms with Crippen LogP contribution in [0.1, 0.15) is 193 Å². The van der Waals surface area contributed by atoms with E-state index in [4.69, 9.17) is 0 Å². The highest BCUT2D eigenvalue weighted by molar-refractivity contribution is 5.16. The van der Waals surface area contributed by atoms with Crippen molar-refractivity contribution < 1.29 is 0 Å². The lowest BCUT2D eigenvalue weighted by Gasteiger charge is -2.60. The van der Waals surface area contributed by atoms with Crippen LogP contribution in [-0.2, 0) is 0 Å². The summed E-state index contributed by atoms with van der Waals surface area (Å²) in [6.07, 6.45) is 52.4. The summed E-state index contributed by atoms with van der Waals surface area (Å²) in [7, 11) is 0. The van der Waals surface area contributed by atoms with Crippen molar-refractivity contribution >= 4 is 0 Å². The van der Waals surface area contributed by atoms with Gasteiger partial charge in [0.25, 0.3) is 0 Å². The van der Waals surface area contributed by atoms with E-state index in [0.29, 0.717) is 0 Å². The van der Waals surface area contributed by atoms with Crippen molar-refractivity contribution in [3.8, 4) is 0 Å². The normalized spacial score (nSPS) is 48.7. The van der Waals surface area contributed by atoms with Crippen molar-refractivity contribution in [2.75, 3.05) is 0 Å². The smallest absolute Gasteiger partial charge is 0.0172 e. The molecule has 0 spiro atoms. The molecule has 0 nitrogen and oxygen atoms in total. The molecule has 0 aliphatic heterocycles. The quantitative estimate of drug-likeness (QED) is 0.265. The molecule has 7 saturated carbocycles.